The molecular formula is C26H36N4O5. The fraction of sp³-hybridized carbons (Fsp3) is 0.615. The van der Waals surface area contributed by atoms with E-state index in [-0.39, 0.29) is 41.7 Å². The molecule has 1 aliphatic carbocycles. The zero-order valence-electron chi connectivity index (χ0n) is 20.5. The van der Waals surface area contributed by atoms with Crippen LogP contribution in [0, 0.1) is 11.8 Å². The lowest BCUT2D eigenvalue weighted by atomic mass is 9.76. The number of methoxy groups -OCH3 is 1. The molecule has 2 aliphatic heterocycles. The molecule has 4 amide bonds. The van der Waals surface area contributed by atoms with Gasteiger partial charge in [-0.3, -0.25) is 19.3 Å². The number of carbonyl (C=O) groups is 4. The highest BCUT2D eigenvalue weighted by molar-refractivity contribution is 5.98. The highest BCUT2D eigenvalue weighted by atomic mass is 16.5. The summed E-state index contributed by atoms with van der Waals surface area (Å²) in [6.07, 6.45) is 4.32. The fourth-order valence-corrected chi connectivity index (χ4v) is 5.49. The predicted octanol–water partition coefficient (Wildman–Crippen LogP) is 2.41. The van der Waals surface area contributed by atoms with Gasteiger partial charge in [0.15, 0.2) is 0 Å². The monoisotopic (exact) mass is 484 g/mol. The summed E-state index contributed by atoms with van der Waals surface area (Å²) in [4.78, 5) is 55.4. The number of nitrogens with one attached hydrogen (secondary N) is 1. The Morgan fingerprint density at radius 1 is 1.00 bits per heavy atom. The highest BCUT2D eigenvalue weighted by Crippen LogP contribution is 2.33. The molecule has 9 heteroatoms. The first-order valence-corrected chi connectivity index (χ1v) is 12.8. The molecule has 1 aromatic rings. The third-order valence-corrected chi connectivity index (χ3v) is 7.55. The van der Waals surface area contributed by atoms with Gasteiger partial charge in [-0.05, 0) is 44.2 Å². The molecule has 2 heterocycles. The first-order valence-electron chi connectivity index (χ1n) is 12.8. The van der Waals surface area contributed by atoms with Crippen molar-refractivity contribution in [2.75, 3.05) is 44.7 Å². The van der Waals surface area contributed by atoms with Crippen LogP contribution in [0.2, 0.25) is 0 Å². The van der Waals surface area contributed by atoms with E-state index >= 15 is 0 Å². The fourth-order valence-electron chi connectivity index (χ4n) is 5.49. The van der Waals surface area contributed by atoms with Gasteiger partial charge in [0, 0.05) is 50.9 Å². The molecule has 0 bridgehead atoms. The Balaban J connectivity index is 1.14. The van der Waals surface area contributed by atoms with E-state index < -0.39 is 0 Å². The Hall–Kier alpha value is -3.10. The van der Waals surface area contributed by atoms with Crippen molar-refractivity contribution < 1.29 is 23.9 Å². The van der Waals surface area contributed by atoms with E-state index in [1.54, 1.807) is 0 Å². The average Bonchev–Trinajstić information content (AvgIpc) is 2.89. The van der Waals surface area contributed by atoms with E-state index in [9.17, 15) is 19.2 Å². The van der Waals surface area contributed by atoms with E-state index in [0.717, 1.165) is 39.0 Å². The minimum absolute atomic E-state index is 0.144. The SMILES string of the molecule is COC(=O)C1CCC2C(=O)N(CCCCCC(=O)N3CCN(c4ccccc4)CC3)C(=O)NC2C1. The number of urea groups is 1. The molecule has 3 fully saturated rings. The number of hydrogen-bond acceptors (Lipinski definition) is 6. The molecule has 190 valence electrons. The van der Waals surface area contributed by atoms with Crippen molar-refractivity contribution in [3.63, 3.8) is 0 Å². The molecule has 3 atom stereocenters. The Morgan fingerprint density at radius 2 is 1.74 bits per heavy atom. The molecule has 1 aromatic carbocycles. The van der Waals surface area contributed by atoms with Crippen LogP contribution in [0.5, 0.6) is 0 Å². The van der Waals surface area contributed by atoms with Crippen molar-refractivity contribution in [2.24, 2.45) is 11.8 Å². The van der Waals surface area contributed by atoms with Gasteiger partial charge >= 0.3 is 12.0 Å². The average molecular weight is 485 g/mol. The molecule has 3 unspecified atom stereocenters. The van der Waals surface area contributed by atoms with Crippen LogP contribution in [0.15, 0.2) is 30.3 Å². The lowest BCUT2D eigenvalue weighted by Crippen LogP contribution is -2.61. The highest BCUT2D eigenvalue weighted by Gasteiger charge is 2.45. The van der Waals surface area contributed by atoms with Crippen LogP contribution >= 0.6 is 0 Å². The predicted molar refractivity (Wildman–Crippen MR) is 131 cm³/mol. The number of para-hydroxylation sites is 1. The normalized spacial score (nSPS) is 24.6. The summed E-state index contributed by atoms with van der Waals surface area (Å²) >= 11 is 0. The Labute approximate surface area is 206 Å². The molecule has 0 radical (unpaired) electrons. The summed E-state index contributed by atoms with van der Waals surface area (Å²) in [5.74, 6) is -0.783. The number of imide groups is 1. The number of piperazine rings is 1. The minimum Gasteiger partial charge on any atom is -0.469 e. The molecule has 0 aromatic heterocycles. The van der Waals surface area contributed by atoms with Gasteiger partial charge in [-0.15, -0.1) is 0 Å². The summed E-state index contributed by atoms with van der Waals surface area (Å²) in [5, 5.41) is 2.92. The Bertz CT molecular complexity index is 916. The van der Waals surface area contributed by atoms with E-state index in [4.69, 9.17) is 4.74 Å². The number of carbonyl (C=O) groups excluding carboxylic acids is 4. The van der Waals surface area contributed by atoms with Crippen LogP contribution in [-0.2, 0) is 19.1 Å². The number of esters is 1. The van der Waals surface area contributed by atoms with Crippen molar-refractivity contribution in [2.45, 2.75) is 51.0 Å². The molecule has 35 heavy (non-hydrogen) atoms. The summed E-state index contributed by atoms with van der Waals surface area (Å²) in [6.45, 7) is 3.50. The van der Waals surface area contributed by atoms with Crippen molar-refractivity contribution in [3.8, 4) is 0 Å². The number of benzene rings is 1. The number of nitrogens with zero attached hydrogens (tertiary/aromatic N) is 3. The van der Waals surface area contributed by atoms with Crippen molar-refractivity contribution in [3.05, 3.63) is 30.3 Å². The third-order valence-electron chi connectivity index (χ3n) is 7.55. The quantitative estimate of drug-likeness (QED) is 0.449. The summed E-state index contributed by atoms with van der Waals surface area (Å²) in [7, 11) is 1.36. The van der Waals surface area contributed by atoms with E-state index in [1.165, 1.54) is 17.7 Å². The van der Waals surface area contributed by atoms with Gasteiger partial charge in [0.1, 0.15) is 0 Å². The zero-order chi connectivity index (χ0) is 24.8. The molecular weight excluding hydrogens is 448 g/mol. The smallest absolute Gasteiger partial charge is 0.324 e. The van der Waals surface area contributed by atoms with Gasteiger partial charge in [0.2, 0.25) is 11.8 Å². The van der Waals surface area contributed by atoms with Crippen LogP contribution in [0.4, 0.5) is 10.5 Å². The van der Waals surface area contributed by atoms with Crippen LogP contribution in [0.1, 0.15) is 44.9 Å². The Kier molecular flexibility index (Phi) is 8.25. The second-order valence-corrected chi connectivity index (χ2v) is 9.70. The van der Waals surface area contributed by atoms with Crippen LogP contribution in [0.25, 0.3) is 0 Å². The first kappa shape index (κ1) is 25.0. The largest absolute Gasteiger partial charge is 0.469 e. The lowest BCUT2D eigenvalue weighted by molar-refractivity contribution is -0.149. The van der Waals surface area contributed by atoms with Gasteiger partial charge in [0.05, 0.1) is 18.9 Å². The second-order valence-electron chi connectivity index (χ2n) is 9.70. The number of fused-ring (bicyclic) bond motifs is 1. The van der Waals surface area contributed by atoms with Crippen LogP contribution in [0.3, 0.4) is 0 Å². The number of hydrogen-bond donors (Lipinski definition) is 1. The van der Waals surface area contributed by atoms with E-state index in [2.05, 4.69) is 22.3 Å². The summed E-state index contributed by atoms with van der Waals surface area (Å²) < 4.78 is 4.82. The number of ether oxygens (including phenoxy) is 1. The van der Waals surface area contributed by atoms with Gasteiger partial charge in [-0.25, -0.2) is 4.79 Å². The second kappa shape index (κ2) is 11.6. The maximum absolute atomic E-state index is 12.9. The first-order chi connectivity index (χ1) is 17.0. The number of unbranched alkanes of at least 4 members (excludes halogenated alkanes) is 2. The molecule has 0 spiro atoms. The van der Waals surface area contributed by atoms with Gasteiger partial charge in [0.25, 0.3) is 0 Å². The maximum atomic E-state index is 12.9. The van der Waals surface area contributed by atoms with Crippen molar-refractivity contribution in [1.29, 1.82) is 0 Å². The molecule has 1 saturated carbocycles. The Morgan fingerprint density at radius 3 is 2.46 bits per heavy atom. The standard InChI is InChI=1S/C26H36N4O5/c1-35-25(33)19-11-12-21-22(18-19)27-26(34)30(24(21)32)13-7-3-6-10-23(31)29-16-14-28(15-17-29)20-8-4-2-5-9-20/h2,4-5,8-9,19,21-22H,3,6-7,10-18H2,1H3,(H,27,34). The number of anilines is 1. The van der Waals surface area contributed by atoms with Gasteiger partial charge in [-0.2, -0.15) is 0 Å². The third kappa shape index (κ3) is 5.94. The molecule has 9 nitrogen and oxygen atoms in total. The maximum Gasteiger partial charge on any atom is 0.324 e. The lowest BCUT2D eigenvalue weighted by Gasteiger charge is -2.41. The molecule has 3 aliphatic rings. The zero-order valence-corrected chi connectivity index (χ0v) is 20.5. The van der Waals surface area contributed by atoms with E-state index in [1.807, 2.05) is 23.1 Å². The topological polar surface area (TPSA) is 99.3 Å². The minimum atomic E-state index is -0.380. The molecule has 2 saturated heterocycles. The molecule has 1 N–H and O–H groups in total. The van der Waals surface area contributed by atoms with Crippen molar-refractivity contribution in [1.82, 2.24) is 15.1 Å². The number of amides is 4. The van der Waals surface area contributed by atoms with Crippen LogP contribution in [-0.4, -0.2) is 79.5 Å². The van der Waals surface area contributed by atoms with Crippen LogP contribution < -0.4 is 10.2 Å². The van der Waals surface area contributed by atoms with E-state index in [0.29, 0.717) is 38.6 Å². The summed E-state index contributed by atoms with van der Waals surface area (Å²) in [6, 6.07) is 9.57. The molecule has 4 rings (SSSR count). The van der Waals surface area contributed by atoms with Gasteiger partial charge < -0.3 is 19.9 Å². The van der Waals surface area contributed by atoms with Crippen molar-refractivity contribution >= 4 is 29.5 Å². The van der Waals surface area contributed by atoms with Gasteiger partial charge in [-0.1, -0.05) is 24.6 Å². The summed E-state index contributed by atoms with van der Waals surface area (Å²) in [5.41, 5.74) is 1.19. The number of rotatable bonds is 8.